The van der Waals surface area contributed by atoms with Crippen LogP contribution in [0.1, 0.15) is 27.8 Å². The van der Waals surface area contributed by atoms with Crippen LogP contribution in [-0.4, -0.2) is 0 Å². The highest BCUT2D eigenvalue weighted by atomic mass is 14.5. The van der Waals surface area contributed by atoms with Crippen LogP contribution in [0.4, 0.5) is 0 Å². The van der Waals surface area contributed by atoms with Crippen molar-refractivity contribution in [1.29, 1.82) is 0 Å². The first-order chi connectivity index (χ1) is 24.7. The SMILES string of the molecule is Cc1ccc(-c2cccc3c4ccccc4c4cc(-c5ccc6c(c5)C(c5ccccc5)(c5ccccc5)c5ccccc5-6)ccc4c23)cc1. The number of aryl methyl sites for hydroxylation is 1. The van der Waals surface area contributed by atoms with Crippen molar-refractivity contribution in [2.45, 2.75) is 12.3 Å². The van der Waals surface area contributed by atoms with Crippen molar-refractivity contribution < 1.29 is 0 Å². The van der Waals surface area contributed by atoms with Gasteiger partial charge < -0.3 is 0 Å². The van der Waals surface area contributed by atoms with Gasteiger partial charge in [0.2, 0.25) is 0 Å². The van der Waals surface area contributed by atoms with Gasteiger partial charge in [-0.15, -0.1) is 0 Å². The topological polar surface area (TPSA) is 0 Å². The van der Waals surface area contributed by atoms with Crippen molar-refractivity contribution in [2.24, 2.45) is 0 Å². The summed E-state index contributed by atoms with van der Waals surface area (Å²) in [5.41, 5.74) is 13.7. The summed E-state index contributed by atoms with van der Waals surface area (Å²) in [5, 5.41) is 7.76. The standard InChI is InChI=1S/C50H34/c1-33-23-25-34(26-24-33)39-20-12-21-44-40-17-8-9-18-41(40)46-31-35(28-30-45(46)49(39)44)36-27-29-43-42-19-10-11-22-47(42)50(48(43)32-36,37-13-4-2-5-14-37)38-15-6-3-7-16-38/h2-32H,1H3. The van der Waals surface area contributed by atoms with Crippen molar-refractivity contribution in [2.75, 3.05) is 0 Å². The second-order valence-corrected chi connectivity index (χ2v) is 13.7. The molecule has 234 valence electrons. The van der Waals surface area contributed by atoms with Gasteiger partial charge in [0.1, 0.15) is 0 Å². The Bertz CT molecular complexity index is 2700. The molecule has 0 saturated heterocycles. The van der Waals surface area contributed by atoms with Crippen LogP contribution in [0.15, 0.2) is 188 Å². The van der Waals surface area contributed by atoms with Gasteiger partial charge in [-0.3, -0.25) is 0 Å². The molecule has 1 aliphatic rings. The van der Waals surface area contributed by atoms with E-state index in [9.17, 15) is 0 Å². The molecule has 0 N–H and O–H groups in total. The van der Waals surface area contributed by atoms with Crippen molar-refractivity contribution in [1.82, 2.24) is 0 Å². The van der Waals surface area contributed by atoms with E-state index in [4.69, 9.17) is 0 Å². The van der Waals surface area contributed by atoms with Gasteiger partial charge in [-0.25, -0.2) is 0 Å². The van der Waals surface area contributed by atoms with Crippen molar-refractivity contribution in [3.8, 4) is 33.4 Å². The largest absolute Gasteiger partial charge is 0.0713 e. The highest BCUT2D eigenvalue weighted by Crippen LogP contribution is 2.56. The summed E-state index contributed by atoms with van der Waals surface area (Å²) in [6, 6.07) is 70.0. The van der Waals surface area contributed by atoms with Crippen molar-refractivity contribution in [3.63, 3.8) is 0 Å². The quantitative estimate of drug-likeness (QED) is 0.169. The molecule has 0 spiro atoms. The highest BCUT2D eigenvalue weighted by molar-refractivity contribution is 6.28. The van der Waals surface area contributed by atoms with Crippen LogP contribution in [0.2, 0.25) is 0 Å². The average Bonchev–Trinajstić information content (AvgIpc) is 3.49. The number of fused-ring (bicyclic) bond motifs is 9. The third-order valence-electron chi connectivity index (χ3n) is 11.0. The Hall–Kier alpha value is -6.24. The van der Waals surface area contributed by atoms with Crippen LogP contribution in [0, 0.1) is 6.92 Å². The molecule has 9 aromatic carbocycles. The summed E-state index contributed by atoms with van der Waals surface area (Å²) in [7, 11) is 0. The zero-order valence-corrected chi connectivity index (χ0v) is 27.9. The highest BCUT2D eigenvalue weighted by Gasteiger charge is 2.46. The van der Waals surface area contributed by atoms with Gasteiger partial charge >= 0.3 is 0 Å². The van der Waals surface area contributed by atoms with E-state index >= 15 is 0 Å². The molecule has 10 rings (SSSR count). The molecule has 0 radical (unpaired) electrons. The first kappa shape index (κ1) is 28.7. The molecule has 0 fully saturated rings. The maximum atomic E-state index is 2.47. The molecule has 0 atom stereocenters. The minimum atomic E-state index is -0.423. The predicted octanol–water partition coefficient (Wildman–Crippen LogP) is 13.2. The van der Waals surface area contributed by atoms with E-state index < -0.39 is 5.41 Å². The lowest BCUT2D eigenvalue weighted by atomic mass is 9.67. The van der Waals surface area contributed by atoms with Crippen LogP contribution >= 0.6 is 0 Å². The summed E-state index contributed by atoms with van der Waals surface area (Å²) in [4.78, 5) is 0. The van der Waals surface area contributed by atoms with Crippen LogP contribution in [0.25, 0.3) is 65.7 Å². The summed E-state index contributed by atoms with van der Waals surface area (Å²) in [6.07, 6.45) is 0. The molecule has 0 aromatic heterocycles. The van der Waals surface area contributed by atoms with Crippen LogP contribution in [-0.2, 0) is 5.41 Å². The smallest absolute Gasteiger partial charge is 0.0622 e. The Kier molecular flexibility index (Phi) is 6.41. The van der Waals surface area contributed by atoms with Crippen molar-refractivity contribution >= 4 is 32.3 Å². The molecule has 0 nitrogen and oxygen atoms in total. The summed E-state index contributed by atoms with van der Waals surface area (Å²) >= 11 is 0. The van der Waals surface area contributed by atoms with Gasteiger partial charge in [-0.05, 0) is 107 Å². The average molecular weight is 635 g/mol. The Morgan fingerprint density at radius 3 is 1.58 bits per heavy atom. The fourth-order valence-electron chi connectivity index (χ4n) is 8.78. The van der Waals surface area contributed by atoms with Crippen LogP contribution in [0.3, 0.4) is 0 Å². The fraction of sp³-hybridized carbons (Fsp3) is 0.0400. The summed E-state index contributed by atoms with van der Waals surface area (Å²) < 4.78 is 0. The molecule has 0 unspecified atom stereocenters. The van der Waals surface area contributed by atoms with Crippen LogP contribution in [0.5, 0.6) is 0 Å². The number of hydrogen-bond donors (Lipinski definition) is 0. The third-order valence-corrected chi connectivity index (χ3v) is 11.0. The molecule has 0 heterocycles. The first-order valence-electron chi connectivity index (χ1n) is 17.5. The Morgan fingerprint density at radius 2 is 0.840 bits per heavy atom. The molecule has 0 saturated carbocycles. The molecule has 1 aliphatic carbocycles. The lowest BCUT2D eigenvalue weighted by Gasteiger charge is -2.34. The monoisotopic (exact) mass is 634 g/mol. The zero-order valence-electron chi connectivity index (χ0n) is 27.9. The normalized spacial score (nSPS) is 13.1. The zero-order chi connectivity index (χ0) is 33.2. The molecule has 0 amide bonds. The van der Waals surface area contributed by atoms with E-state index in [1.165, 1.54) is 93.5 Å². The Morgan fingerprint density at radius 1 is 0.320 bits per heavy atom. The summed E-state index contributed by atoms with van der Waals surface area (Å²) in [5.74, 6) is 0. The third kappa shape index (κ3) is 4.12. The van der Waals surface area contributed by atoms with E-state index in [0.29, 0.717) is 0 Å². The molecule has 9 aromatic rings. The van der Waals surface area contributed by atoms with E-state index in [1.54, 1.807) is 0 Å². The second kappa shape index (κ2) is 11.2. The predicted molar refractivity (Wildman–Crippen MR) is 212 cm³/mol. The maximum absolute atomic E-state index is 2.47. The molecule has 0 bridgehead atoms. The Labute approximate surface area is 292 Å². The number of rotatable bonds is 4. The van der Waals surface area contributed by atoms with E-state index in [1.807, 2.05) is 0 Å². The lowest BCUT2D eigenvalue weighted by Crippen LogP contribution is -2.28. The van der Waals surface area contributed by atoms with E-state index in [2.05, 4.69) is 195 Å². The number of hydrogen-bond acceptors (Lipinski definition) is 0. The second-order valence-electron chi connectivity index (χ2n) is 13.7. The number of benzene rings is 9. The van der Waals surface area contributed by atoms with Gasteiger partial charge in [-0.2, -0.15) is 0 Å². The van der Waals surface area contributed by atoms with Gasteiger partial charge in [0.15, 0.2) is 0 Å². The van der Waals surface area contributed by atoms with Crippen molar-refractivity contribution in [3.05, 3.63) is 216 Å². The fourth-order valence-corrected chi connectivity index (χ4v) is 8.78. The van der Waals surface area contributed by atoms with Gasteiger partial charge in [0, 0.05) is 0 Å². The first-order valence-corrected chi connectivity index (χ1v) is 17.5. The minimum Gasteiger partial charge on any atom is -0.0622 e. The van der Waals surface area contributed by atoms with E-state index in [0.717, 1.165) is 0 Å². The molecule has 0 aliphatic heterocycles. The van der Waals surface area contributed by atoms with Gasteiger partial charge in [0.25, 0.3) is 0 Å². The summed E-state index contributed by atoms with van der Waals surface area (Å²) in [6.45, 7) is 2.15. The van der Waals surface area contributed by atoms with Gasteiger partial charge in [-0.1, -0.05) is 181 Å². The Balaban J connectivity index is 1.25. The maximum Gasteiger partial charge on any atom is 0.0713 e. The minimum absolute atomic E-state index is 0.423. The van der Waals surface area contributed by atoms with Gasteiger partial charge in [0.05, 0.1) is 5.41 Å². The van der Waals surface area contributed by atoms with E-state index in [-0.39, 0.29) is 0 Å². The molecule has 0 heteroatoms. The lowest BCUT2D eigenvalue weighted by molar-refractivity contribution is 0.769. The molecular weight excluding hydrogens is 601 g/mol. The molecular formula is C50H34. The van der Waals surface area contributed by atoms with Crippen LogP contribution < -0.4 is 0 Å². The molecule has 50 heavy (non-hydrogen) atoms.